The van der Waals surface area contributed by atoms with Crippen molar-refractivity contribution in [3.8, 4) is 0 Å². The molecule has 2 rings (SSSR count). The quantitative estimate of drug-likeness (QED) is 0.893. The van der Waals surface area contributed by atoms with Gasteiger partial charge in [0.05, 0.1) is 6.26 Å². The number of furan rings is 1. The molecule has 0 aliphatic carbocycles. The number of carbonyl (C=O) groups excluding carboxylic acids is 1. The SMILES string of the molecule is CN(C(=O)c1ccco1)C1CC(C)(C)NC(C)(C)C1. The summed E-state index contributed by atoms with van der Waals surface area (Å²) in [5, 5.41) is 3.63. The Hall–Kier alpha value is -1.29. The van der Waals surface area contributed by atoms with Gasteiger partial charge in [-0.05, 0) is 52.7 Å². The van der Waals surface area contributed by atoms with Crippen LogP contribution in [-0.2, 0) is 0 Å². The zero-order valence-electron chi connectivity index (χ0n) is 12.5. The predicted octanol–water partition coefficient (Wildman–Crippen LogP) is 2.66. The van der Waals surface area contributed by atoms with Crippen LogP contribution in [0.2, 0.25) is 0 Å². The van der Waals surface area contributed by atoms with E-state index < -0.39 is 0 Å². The summed E-state index contributed by atoms with van der Waals surface area (Å²) in [5.74, 6) is 0.375. The molecule has 1 saturated heterocycles. The highest BCUT2D eigenvalue weighted by atomic mass is 16.3. The summed E-state index contributed by atoms with van der Waals surface area (Å²) in [7, 11) is 1.87. The van der Waals surface area contributed by atoms with Crippen LogP contribution in [0.25, 0.3) is 0 Å². The van der Waals surface area contributed by atoms with Crippen molar-refractivity contribution in [2.75, 3.05) is 7.05 Å². The molecule has 4 nitrogen and oxygen atoms in total. The van der Waals surface area contributed by atoms with Crippen LogP contribution >= 0.6 is 0 Å². The molecule has 106 valence electrons. The first-order chi connectivity index (χ1) is 8.70. The first-order valence-corrected chi connectivity index (χ1v) is 6.80. The minimum absolute atomic E-state index is 0.0319. The second kappa shape index (κ2) is 4.67. The van der Waals surface area contributed by atoms with E-state index >= 15 is 0 Å². The second-order valence-electron chi connectivity index (χ2n) is 6.85. The summed E-state index contributed by atoms with van der Waals surface area (Å²) in [4.78, 5) is 14.2. The third kappa shape index (κ3) is 3.18. The van der Waals surface area contributed by atoms with E-state index in [2.05, 4.69) is 33.0 Å². The molecule has 1 amide bonds. The number of nitrogens with one attached hydrogen (secondary N) is 1. The van der Waals surface area contributed by atoms with E-state index in [0.717, 1.165) is 12.8 Å². The van der Waals surface area contributed by atoms with Gasteiger partial charge in [-0.2, -0.15) is 0 Å². The van der Waals surface area contributed by atoms with Crippen LogP contribution in [0.5, 0.6) is 0 Å². The van der Waals surface area contributed by atoms with E-state index in [0.29, 0.717) is 5.76 Å². The third-order valence-corrected chi connectivity index (χ3v) is 3.77. The number of rotatable bonds is 2. The summed E-state index contributed by atoms with van der Waals surface area (Å²) < 4.78 is 5.20. The molecule has 0 aromatic carbocycles. The molecule has 0 bridgehead atoms. The van der Waals surface area contributed by atoms with Crippen LogP contribution in [0.15, 0.2) is 22.8 Å². The Morgan fingerprint density at radius 1 is 1.32 bits per heavy atom. The molecule has 1 aliphatic heterocycles. The second-order valence-corrected chi connectivity index (χ2v) is 6.85. The molecule has 1 N–H and O–H groups in total. The molecule has 1 aromatic heterocycles. The van der Waals surface area contributed by atoms with E-state index in [4.69, 9.17) is 4.42 Å². The van der Waals surface area contributed by atoms with Gasteiger partial charge in [-0.15, -0.1) is 0 Å². The molecule has 1 aliphatic rings. The van der Waals surface area contributed by atoms with Gasteiger partial charge >= 0.3 is 0 Å². The molecule has 0 radical (unpaired) electrons. The van der Waals surface area contributed by atoms with E-state index in [1.807, 2.05) is 11.9 Å². The lowest BCUT2D eigenvalue weighted by Crippen LogP contribution is -2.62. The normalized spacial score (nSPS) is 22.2. The van der Waals surface area contributed by atoms with Crippen molar-refractivity contribution in [2.24, 2.45) is 0 Å². The topological polar surface area (TPSA) is 45.5 Å². The fourth-order valence-corrected chi connectivity index (χ4v) is 3.28. The molecular weight excluding hydrogens is 240 g/mol. The Bertz CT molecular complexity index is 433. The van der Waals surface area contributed by atoms with E-state index in [9.17, 15) is 4.79 Å². The summed E-state index contributed by atoms with van der Waals surface area (Å²) in [6, 6.07) is 3.69. The monoisotopic (exact) mass is 264 g/mol. The summed E-state index contributed by atoms with van der Waals surface area (Å²) in [6.07, 6.45) is 3.43. The van der Waals surface area contributed by atoms with Gasteiger partial charge < -0.3 is 14.6 Å². The number of hydrogen-bond donors (Lipinski definition) is 1. The highest BCUT2D eigenvalue weighted by molar-refractivity contribution is 5.91. The fraction of sp³-hybridized carbons (Fsp3) is 0.667. The lowest BCUT2D eigenvalue weighted by Gasteiger charge is -2.48. The molecule has 0 atom stereocenters. The van der Waals surface area contributed by atoms with Crippen molar-refractivity contribution in [3.63, 3.8) is 0 Å². The zero-order chi connectivity index (χ0) is 14.3. The zero-order valence-corrected chi connectivity index (χ0v) is 12.5. The maximum atomic E-state index is 12.3. The van der Waals surface area contributed by atoms with Crippen LogP contribution in [-0.4, -0.2) is 35.0 Å². The van der Waals surface area contributed by atoms with Gasteiger partial charge in [-0.3, -0.25) is 4.79 Å². The Morgan fingerprint density at radius 2 is 1.89 bits per heavy atom. The van der Waals surface area contributed by atoms with Gasteiger partial charge in [-0.1, -0.05) is 0 Å². The van der Waals surface area contributed by atoms with Crippen molar-refractivity contribution in [2.45, 2.75) is 57.7 Å². The molecule has 0 spiro atoms. The lowest BCUT2D eigenvalue weighted by atomic mass is 9.79. The number of carbonyl (C=O) groups is 1. The predicted molar refractivity (Wildman–Crippen MR) is 75.1 cm³/mol. The lowest BCUT2D eigenvalue weighted by molar-refractivity contribution is 0.0501. The maximum absolute atomic E-state index is 12.3. The van der Waals surface area contributed by atoms with Crippen molar-refractivity contribution in [3.05, 3.63) is 24.2 Å². The van der Waals surface area contributed by atoms with Crippen LogP contribution < -0.4 is 5.32 Å². The van der Waals surface area contributed by atoms with E-state index in [1.165, 1.54) is 6.26 Å². The molecule has 2 heterocycles. The fourth-order valence-electron chi connectivity index (χ4n) is 3.28. The van der Waals surface area contributed by atoms with E-state index in [-0.39, 0.29) is 23.0 Å². The minimum atomic E-state index is -0.0384. The standard InChI is InChI=1S/C15H24N2O2/c1-14(2)9-11(10-15(3,4)16-14)17(5)13(18)12-7-6-8-19-12/h6-8,11,16H,9-10H2,1-5H3. The molecule has 0 saturated carbocycles. The smallest absolute Gasteiger partial charge is 0.289 e. The van der Waals surface area contributed by atoms with Gasteiger partial charge in [0.15, 0.2) is 5.76 Å². The summed E-state index contributed by atoms with van der Waals surface area (Å²) in [5.41, 5.74) is 0.0637. The summed E-state index contributed by atoms with van der Waals surface area (Å²) >= 11 is 0. The highest BCUT2D eigenvalue weighted by Crippen LogP contribution is 2.31. The van der Waals surface area contributed by atoms with Crippen molar-refractivity contribution in [1.82, 2.24) is 10.2 Å². The van der Waals surface area contributed by atoms with Crippen molar-refractivity contribution < 1.29 is 9.21 Å². The van der Waals surface area contributed by atoms with Gasteiger partial charge in [0, 0.05) is 24.2 Å². The van der Waals surface area contributed by atoms with Crippen molar-refractivity contribution in [1.29, 1.82) is 0 Å². The summed E-state index contributed by atoms with van der Waals surface area (Å²) in [6.45, 7) is 8.75. The first-order valence-electron chi connectivity index (χ1n) is 6.80. The Morgan fingerprint density at radius 3 is 2.37 bits per heavy atom. The molecular formula is C15H24N2O2. The average Bonchev–Trinajstić information content (AvgIpc) is 2.76. The highest BCUT2D eigenvalue weighted by Gasteiger charge is 2.40. The Labute approximate surface area is 115 Å². The van der Waals surface area contributed by atoms with Gasteiger partial charge in [-0.25, -0.2) is 0 Å². The number of piperidine rings is 1. The maximum Gasteiger partial charge on any atom is 0.289 e. The first kappa shape index (κ1) is 14.1. The van der Waals surface area contributed by atoms with E-state index in [1.54, 1.807) is 12.1 Å². The van der Waals surface area contributed by atoms with Crippen LogP contribution in [0, 0.1) is 0 Å². The van der Waals surface area contributed by atoms with Gasteiger partial charge in [0.25, 0.3) is 5.91 Å². The molecule has 1 fully saturated rings. The van der Waals surface area contributed by atoms with Crippen LogP contribution in [0.4, 0.5) is 0 Å². The van der Waals surface area contributed by atoms with Gasteiger partial charge in [0.2, 0.25) is 0 Å². The molecule has 0 unspecified atom stereocenters. The molecule has 1 aromatic rings. The number of amides is 1. The van der Waals surface area contributed by atoms with Crippen LogP contribution in [0.3, 0.4) is 0 Å². The Kier molecular flexibility index (Phi) is 3.47. The van der Waals surface area contributed by atoms with Gasteiger partial charge in [0.1, 0.15) is 0 Å². The Balaban J connectivity index is 2.14. The third-order valence-electron chi connectivity index (χ3n) is 3.77. The minimum Gasteiger partial charge on any atom is -0.459 e. The number of hydrogen-bond acceptors (Lipinski definition) is 3. The average molecular weight is 264 g/mol. The molecule has 19 heavy (non-hydrogen) atoms. The number of nitrogens with zero attached hydrogens (tertiary/aromatic N) is 1. The van der Waals surface area contributed by atoms with Crippen molar-refractivity contribution >= 4 is 5.91 Å². The molecule has 4 heteroatoms. The largest absolute Gasteiger partial charge is 0.459 e. The van der Waals surface area contributed by atoms with Crippen LogP contribution in [0.1, 0.15) is 51.1 Å².